The molecule has 0 bridgehead atoms. The van der Waals surface area contributed by atoms with E-state index < -0.39 is 0 Å². The van der Waals surface area contributed by atoms with Gasteiger partial charge in [0.15, 0.2) is 0 Å². The SMILES string of the molecule is COC(=O)Cn1c2c(c3cccc(C)c31)CCN(c1ccccc1)C2=O. The Kier molecular flexibility index (Phi) is 3.99. The van der Waals surface area contributed by atoms with Gasteiger partial charge in [-0.15, -0.1) is 0 Å². The van der Waals surface area contributed by atoms with Crippen LogP contribution in [0.1, 0.15) is 21.6 Å². The normalized spacial score (nSPS) is 13.8. The highest BCUT2D eigenvalue weighted by atomic mass is 16.5. The van der Waals surface area contributed by atoms with Crippen LogP contribution in [0.25, 0.3) is 10.9 Å². The van der Waals surface area contributed by atoms with E-state index in [1.54, 1.807) is 4.90 Å². The molecule has 0 atom stereocenters. The summed E-state index contributed by atoms with van der Waals surface area (Å²) in [5, 5.41) is 1.05. The van der Waals surface area contributed by atoms with E-state index >= 15 is 0 Å². The van der Waals surface area contributed by atoms with E-state index in [0.29, 0.717) is 12.2 Å². The number of hydrogen-bond donors (Lipinski definition) is 0. The van der Waals surface area contributed by atoms with Gasteiger partial charge < -0.3 is 14.2 Å². The molecule has 1 aromatic heterocycles. The zero-order chi connectivity index (χ0) is 18.3. The number of para-hydroxylation sites is 2. The van der Waals surface area contributed by atoms with Crippen molar-refractivity contribution in [1.82, 2.24) is 4.57 Å². The van der Waals surface area contributed by atoms with Crippen molar-refractivity contribution in [2.45, 2.75) is 19.9 Å². The van der Waals surface area contributed by atoms with Crippen LogP contribution in [-0.2, 0) is 22.5 Å². The highest BCUT2D eigenvalue weighted by Gasteiger charge is 2.32. The quantitative estimate of drug-likeness (QED) is 0.682. The van der Waals surface area contributed by atoms with Crippen LogP contribution in [0, 0.1) is 6.92 Å². The maximum absolute atomic E-state index is 13.3. The van der Waals surface area contributed by atoms with E-state index in [1.165, 1.54) is 7.11 Å². The van der Waals surface area contributed by atoms with Gasteiger partial charge in [-0.05, 0) is 36.6 Å². The first-order valence-corrected chi connectivity index (χ1v) is 8.66. The summed E-state index contributed by atoms with van der Waals surface area (Å²) in [5.41, 5.74) is 4.46. The highest BCUT2D eigenvalue weighted by molar-refractivity contribution is 6.11. The van der Waals surface area contributed by atoms with Gasteiger partial charge in [-0.2, -0.15) is 0 Å². The molecule has 3 aromatic rings. The van der Waals surface area contributed by atoms with Crippen LogP contribution in [0.4, 0.5) is 5.69 Å². The van der Waals surface area contributed by atoms with Crippen LogP contribution in [0.2, 0.25) is 0 Å². The lowest BCUT2D eigenvalue weighted by atomic mass is 10.0. The third-order valence-electron chi connectivity index (χ3n) is 5.00. The first-order chi connectivity index (χ1) is 12.6. The Labute approximate surface area is 151 Å². The Morgan fingerprint density at radius 2 is 1.88 bits per heavy atom. The number of methoxy groups -OCH3 is 1. The fourth-order valence-corrected chi connectivity index (χ4v) is 3.82. The summed E-state index contributed by atoms with van der Waals surface area (Å²) in [6, 6.07) is 15.7. The van der Waals surface area contributed by atoms with E-state index in [1.807, 2.05) is 60.0 Å². The number of fused-ring (bicyclic) bond motifs is 3. The van der Waals surface area contributed by atoms with Crippen LogP contribution in [0.15, 0.2) is 48.5 Å². The lowest BCUT2D eigenvalue weighted by Crippen LogP contribution is -2.39. The van der Waals surface area contributed by atoms with Gasteiger partial charge in [0, 0.05) is 17.6 Å². The van der Waals surface area contributed by atoms with Crippen molar-refractivity contribution in [1.29, 1.82) is 0 Å². The summed E-state index contributed by atoms with van der Waals surface area (Å²) < 4.78 is 6.69. The van der Waals surface area contributed by atoms with Gasteiger partial charge in [0.25, 0.3) is 5.91 Å². The number of nitrogens with zero attached hydrogens (tertiary/aromatic N) is 2. The summed E-state index contributed by atoms with van der Waals surface area (Å²) >= 11 is 0. The maximum Gasteiger partial charge on any atom is 0.325 e. The standard InChI is InChI=1S/C21H20N2O3/c1-14-7-6-10-16-17-11-12-22(15-8-4-3-5-9-15)21(25)20(17)23(19(14)16)13-18(24)26-2/h3-10H,11-13H2,1-2H3. The minimum absolute atomic E-state index is 0.0293. The molecule has 0 spiro atoms. The van der Waals surface area contributed by atoms with Crippen LogP contribution < -0.4 is 4.90 Å². The van der Waals surface area contributed by atoms with Crippen molar-refractivity contribution in [2.75, 3.05) is 18.6 Å². The Balaban J connectivity index is 1.92. The van der Waals surface area contributed by atoms with Crippen LogP contribution in [-0.4, -0.2) is 30.1 Å². The number of ether oxygens (including phenoxy) is 1. The van der Waals surface area contributed by atoms with Crippen molar-refractivity contribution in [3.05, 3.63) is 65.4 Å². The average molecular weight is 348 g/mol. The van der Waals surface area contributed by atoms with E-state index in [0.717, 1.165) is 34.1 Å². The minimum atomic E-state index is -0.363. The Hall–Kier alpha value is -3.08. The number of amides is 1. The van der Waals surface area contributed by atoms with Gasteiger partial charge >= 0.3 is 5.97 Å². The maximum atomic E-state index is 13.3. The number of aromatic nitrogens is 1. The van der Waals surface area contributed by atoms with E-state index in [4.69, 9.17) is 4.74 Å². The van der Waals surface area contributed by atoms with Crippen LogP contribution in [0.3, 0.4) is 0 Å². The molecule has 5 nitrogen and oxygen atoms in total. The van der Waals surface area contributed by atoms with Gasteiger partial charge in [-0.1, -0.05) is 36.4 Å². The zero-order valence-corrected chi connectivity index (χ0v) is 14.9. The molecule has 2 heterocycles. The predicted molar refractivity (Wildman–Crippen MR) is 101 cm³/mol. The molecule has 0 N–H and O–H groups in total. The second-order valence-corrected chi connectivity index (χ2v) is 6.50. The molecule has 1 aliphatic rings. The monoisotopic (exact) mass is 348 g/mol. The first-order valence-electron chi connectivity index (χ1n) is 8.66. The van der Waals surface area contributed by atoms with Crippen LogP contribution >= 0.6 is 0 Å². The van der Waals surface area contributed by atoms with E-state index in [-0.39, 0.29) is 18.4 Å². The van der Waals surface area contributed by atoms with Crippen molar-refractivity contribution >= 4 is 28.5 Å². The van der Waals surface area contributed by atoms with E-state index in [9.17, 15) is 9.59 Å². The number of hydrogen-bond acceptors (Lipinski definition) is 3. The molecule has 0 fully saturated rings. The summed E-state index contributed by atoms with van der Waals surface area (Å²) in [7, 11) is 1.37. The summed E-state index contributed by atoms with van der Waals surface area (Å²) in [4.78, 5) is 27.1. The molecule has 26 heavy (non-hydrogen) atoms. The fraction of sp³-hybridized carbons (Fsp3) is 0.238. The molecule has 5 heteroatoms. The van der Waals surface area contributed by atoms with Crippen LogP contribution in [0.5, 0.6) is 0 Å². The summed E-state index contributed by atoms with van der Waals surface area (Å²) in [6.45, 7) is 2.66. The molecule has 4 rings (SSSR count). The number of benzene rings is 2. The lowest BCUT2D eigenvalue weighted by Gasteiger charge is -2.28. The Morgan fingerprint density at radius 3 is 2.62 bits per heavy atom. The number of esters is 1. The molecule has 0 unspecified atom stereocenters. The van der Waals surface area contributed by atoms with Crippen molar-refractivity contribution in [3.63, 3.8) is 0 Å². The smallest absolute Gasteiger partial charge is 0.325 e. The number of carbonyl (C=O) groups excluding carboxylic acids is 2. The number of anilines is 1. The highest BCUT2D eigenvalue weighted by Crippen LogP contribution is 2.34. The Morgan fingerprint density at radius 1 is 1.12 bits per heavy atom. The van der Waals surface area contributed by atoms with Gasteiger partial charge in [-0.3, -0.25) is 9.59 Å². The molecule has 0 saturated heterocycles. The topological polar surface area (TPSA) is 51.5 Å². The van der Waals surface area contributed by atoms with Gasteiger partial charge in [0.05, 0.1) is 12.6 Å². The third-order valence-corrected chi connectivity index (χ3v) is 5.00. The largest absolute Gasteiger partial charge is 0.468 e. The van der Waals surface area contributed by atoms with Gasteiger partial charge in [0.2, 0.25) is 0 Å². The molecule has 0 saturated carbocycles. The minimum Gasteiger partial charge on any atom is -0.468 e. The molecule has 1 aliphatic heterocycles. The number of carbonyl (C=O) groups is 2. The van der Waals surface area contributed by atoms with Crippen molar-refractivity contribution in [3.8, 4) is 0 Å². The molecule has 2 aromatic carbocycles. The molecule has 0 aliphatic carbocycles. The predicted octanol–water partition coefficient (Wildman–Crippen LogP) is 3.33. The second kappa shape index (κ2) is 6.33. The Bertz CT molecular complexity index is 1010. The van der Waals surface area contributed by atoms with Crippen molar-refractivity contribution < 1.29 is 14.3 Å². The zero-order valence-electron chi connectivity index (χ0n) is 14.9. The number of aryl methyl sites for hydroxylation is 1. The molecule has 132 valence electrons. The molecular formula is C21H20N2O3. The van der Waals surface area contributed by atoms with Gasteiger partial charge in [-0.25, -0.2) is 0 Å². The molecule has 1 amide bonds. The molecule has 0 radical (unpaired) electrons. The van der Waals surface area contributed by atoms with Gasteiger partial charge in [0.1, 0.15) is 12.2 Å². The molecular weight excluding hydrogens is 328 g/mol. The first kappa shape index (κ1) is 16.4. The second-order valence-electron chi connectivity index (χ2n) is 6.50. The average Bonchev–Trinajstić information content (AvgIpc) is 2.98. The summed E-state index contributed by atoms with van der Waals surface area (Å²) in [6.07, 6.45) is 0.754. The number of rotatable bonds is 3. The summed E-state index contributed by atoms with van der Waals surface area (Å²) in [5.74, 6) is -0.436. The lowest BCUT2D eigenvalue weighted by molar-refractivity contribution is -0.141. The fourth-order valence-electron chi connectivity index (χ4n) is 3.82. The van der Waals surface area contributed by atoms with Crippen molar-refractivity contribution in [2.24, 2.45) is 0 Å². The third kappa shape index (κ3) is 2.47. The van der Waals surface area contributed by atoms with E-state index in [2.05, 4.69) is 0 Å².